The van der Waals surface area contributed by atoms with Gasteiger partial charge in [-0.15, -0.1) is 0 Å². The van der Waals surface area contributed by atoms with Gasteiger partial charge in [0.1, 0.15) is 0 Å². The summed E-state index contributed by atoms with van der Waals surface area (Å²) in [4.78, 5) is 0. The average Bonchev–Trinajstić information content (AvgIpc) is 2.44. The summed E-state index contributed by atoms with van der Waals surface area (Å²) in [5, 5.41) is 0. The van der Waals surface area contributed by atoms with Gasteiger partial charge in [0, 0.05) is 11.5 Å². The molecule has 1 fully saturated rings. The number of nitrogens with two attached hydrogens (primary N) is 1. The van der Waals surface area contributed by atoms with Crippen LogP contribution in [0, 0.1) is 17.8 Å². The normalized spacial score (nSPS) is 29.1. The minimum Gasteiger partial charge on any atom is -0.271 e. The van der Waals surface area contributed by atoms with Crippen molar-refractivity contribution in [2.75, 3.05) is 0 Å². The number of hydrogen-bond donors (Lipinski definition) is 2. The van der Waals surface area contributed by atoms with Gasteiger partial charge in [-0.1, -0.05) is 64.4 Å². The summed E-state index contributed by atoms with van der Waals surface area (Å²) in [7, 11) is 0. The van der Waals surface area contributed by atoms with Crippen LogP contribution in [-0.2, 0) is 5.41 Å². The summed E-state index contributed by atoms with van der Waals surface area (Å²) in [6.07, 6.45) is 3.90. The second-order valence-electron chi connectivity index (χ2n) is 7.26. The van der Waals surface area contributed by atoms with Crippen LogP contribution >= 0.6 is 0 Å². The average molecular weight is 274 g/mol. The van der Waals surface area contributed by atoms with Crippen LogP contribution in [0.3, 0.4) is 0 Å². The number of hydrazine groups is 1. The van der Waals surface area contributed by atoms with Crippen LogP contribution in [0.5, 0.6) is 0 Å². The van der Waals surface area contributed by atoms with E-state index in [1.165, 1.54) is 24.8 Å². The van der Waals surface area contributed by atoms with Gasteiger partial charge in [-0.2, -0.15) is 0 Å². The summed E-state index contributed by atoms with van der Waals surface area (Å²) in [5.41, 5.74) is 4.57. The SMILES string of the molecule is CC1CCC(C(NN)C(C)(C)c2ccccc2)CC1C. The molecular formula is C18H30N2. The molecule has 0 bridgehead atoms. The molecule has 0 saturated heterocycles. The van der Waals surface area contributed by atoms with Gasteiger partial charge in [-0.3, -0.25) is 11.3 Å². The Morgan fingerprint density at radius 2 is 1.75 bits per heavy atom. The lowest BCUT2D eigenvalue weighted by molar-refractivity contribution is 0.136. The predicted molar refractivity (Wildman–Crippen MR) is 86.2 cm³/mol. The predicted octanol–water partition coefficient (Wildman–Crippen LogP) is 3.87. The molecule has 20 heavy (non-hydrogen) atoms. The Bertz CT molecular complexity index is 413. The van der Waals surface area contributed by atoms with E-state index in [4.69, 9.17) is 5.84 Å². The Kier molecular flexibility index (Phi) is 4.87. The fraction of sp³-hybridized carbons (Fsp3) is 0.667. The molecule has 4 atom stereocenters. The lowest BCUT2D eigenvalue weighted by atomic mass is 9.65. The zero-order valence-corrected chi connectivity index (χ0v) is 13.4. The monoisotopic (exact) mass is 274 g/mol. The van der Waals surface area contributed by atoms with Crippen LogP contribution in [0.15, 0.2) is 30.3 Å². The maximum Gasteiger partial charge on any atom is 0.0330 e. The molecular weight excluding hydrogens is 244 g/mol. The highest BCUT2D eigenvalue weighted by molar-refractivity contribution is 5.26. The second kappa shape index (κ2) is 6.28. The van der Waals surface area contributed by atoms with Crippen LogP contribution in [0.2, 0.25) is 0 Å². The molecule has 4 unspecified atom stereocenters. The number of rotatable bonds is 4. The van der Waals surface area contributed by atoms with Crippen molar-refractivity contribution < 1.29 is 0 Å². The molecule has 0 amide bonds. The van der Waals surface area contributed by atoms with Crippen molar-refractivity contribution >= 4 is 0 Å². The molecule has 0 heterocycles. The third-order valence-corrected chi connectivity index (χ3v) is 5.59. The van der Waals surface area contributed by atoms with Crippen LogP contribution in [0.4, 0.5) is 0 Å². The highest BCUT2D eigenvalue weighted by atomic mass is 15.2. The Morgan fingerprint density at radius 3 is 2.30 bits per heavy atom. The first kappa shape index (κ1) is 15.5. The first-order chi connectivity index (χ1) is 9.46. The van der Waals surface area contributed by atoms with Gasteiger partial charge in [0.2, 0.25) is 0 Å². The van der Waals surface area contributed by atoms with Crippen molar-refractivity contribution in [3.8, 4) is 0 Å². The Labute approximate surface area is 124 Å². The first-order valence-corrected chi connectivity index (χ1v) is 7.98. The van der Waals surface area contributed by atoms with E-state index in [1.54, 1.807) is 0 Å². The van der Waals surface area contributed by atoms with Crippen LogP contribution in [0.1, 0.15) is 52.5 Å². The van der Waals surface area contributed by atoms with Gasteiger partial charge >= 0.3 is 0 Å². The van der Waals surface area contributed by atoms with Gasteiger partial charge in [0.05, 0.1) is 0 Å². The largest absolute Gasteiger partial charge is 0.271 e. The summed E-state index contributed by atoms with van der Waals surface area (Å²) >= 11 is 0. The van der Waals surface area contributed by atoms with Gasteiger partial charge in [-0.05, 0) is 36.2 Å². The van der Waals surface area contributed by atoms with E-state index < -0.39 is 0 Å². The van der Waals surface area contributed by atoms with Gasteiger partial charge < -0.3 is 0 Å². The molecule has 2 rings (SSSR count). The fourth-order valence-corrected chi connectivity index (χ4v) is 3.87. The maximum absolute atomic E-state index is 5.96. The summed E-state index contributed by atoms with van der Waals surface area (Å²) in [5.74, 6) is 8.28. The third kappa shape index (κ3) is 3.07. The van der Waals surface area contributed by atoms with Crippen molar-refractivity contribution in [1.82, 2.24) is 5.43 Å². The molecule has 1 aromatic rings. The van der Waals surface area contributed by atoms with Crippen molar-refractivity contribution in [2.24, 2.45) is 23.6 Å². The molecule has 0 radical (unpaired) electrons. The maximum atomic E-state index is 5.96. The smallest absolute Gasteiger partial charge is 0.0330 e. The Morgan fingerprint density at radius 1 is 1.10 bits per heavy atom. The van der Waals surface area contributed by atoms with Gasteiger partial charge in [0.15, 0.2) is 0 Å². The van der Waals surface area contributed by atoms with E-state index >= 15 is 0 Å². The lowest BCUT2D eigenvalue weighted by Crippen LogP contribution is -2.53. The van der Waals surface area contributed by atoms with E-state index in [1.807, 2.05) is 0 Å². The number of nitrogens with one attached hydrogen (secondary N) is 1. The van der Waals surface area contributed by atoms with Crippen molar-refractivity contribution in [2.45, 2.75) is 58.4 Å². The Hall–Kier alpha value is -0.860. The zero-order valence-electron chi connectivity index (χ0n) is 13.4. The second-order valence-corrected chi connectivity index (χ2v) is 7.26. The molecule has 0 aromatic heterocycles. The number of hydrogen-bond acceptors (Lipinski definition) is 2. The Balaban J connectivity index is 2.19. The molecule has 1 aromatic carbocycles. The zero-order chi connectivity index (χ0) is 14.8. The molecule has 1 aliphatic rings. The number of benzene rings is 1. The van der Waals surface area contributed by atoms with Crippen LogP contribution in [-0.4, -0.2) is 6.04 Å². The van der Waals surface area contributed by atoms with Crippen molar-refractivity contribution in [1.29, 1.82) is 0 Å². The summed E-state index contributed by atoms with van der Waals surface area (Å²) < 4.78 is 0. The minimum absolute atomic E-state index is 0.0565. The first-order valence-electron chi connectivity index (χ1n) is 7.98. The minimum atomic E-state index is 0.0565. The van der Waals surface area contributed by atoms with E-state index in [9.17, 15) is 0 Å². The highest BCUT2D eigenvalue weighted by Gasteiger charge is 2.39. The topological polar surface area (TPSA) is 38.0 Å². The quantitative estimate of drug-likeness (QED) is 0.646. The van der Waals surface area contributed by atoms with Crippen molar-refractivity contribution in [3.63, 3.8) is 0 Å². The van der Waals surface area contributed by atoms with E-state index in [2.05, 4.69) is 63.5 Å². The standard InChI is InChI=1S/C18H30N2/c1-13-10-11-15(12-14(13)2)17(20-19)18(3,4)16-8-6-5-7-9-16/h5-9,13-15,17,20H,10-12,19H2,1-4H3. The van der Waals surface area contributed by atoms with Crippen LogP contribution < -0.4 is 11.3 Å². The van der Waals surface area contributed by atoms with Gasteiger partial charge in [0.25, 0.3) is 0 Å². The van der Waals surface area contributed by atoms with Crippen LogP contribution in [0.25, 0.3) is 0 Å². The summed E-state index contributed by atoms with van der Waals surface area (Å²) in [6, 6.07) is 11.1. The van der Waals surface area contributed by atoms with E-state index in [0.29, 0.717) is 12.0 Å². The highest BCUT2D eigenvalue weighted by Crippen LogP contribution is 2.40. The van der Waals surface area contributed by atoms with E-state index in [-0.39, 0.29) is 5.41 Å². The molecule has 0 aliphatic heterocycles. The fourth-order valence-electron chi connectivity index (χ4n) is 3.87. The van der Waals surface area contributed by atoms with E-state index in [0.717, 1.165) is 11.8 Å². The van der Waals surface area contributed by atoms with Crippen molar-refractivity contribution in [3.05, 3.63) is 35.9 Å². The molecule has 1 aliphatic carbocycles. The molecule has 2 heteroatoms. The molecule has 2 nitrogen and oxygen atoms in total. The molecule has 112 valence electrons. The third-order valence-electron chi connectivity index (χ3n) is 5.59. The molecule has 1 saturated carbocycles. The molecule has 0 spiro atoms. The lowest BCUT2D eigenvalue weighted by Gasteiger charge is -2.44. The molecule has 3 N–H and O–H groups in total. The summed E-state index contributed by atoms with van der Waals surface area (Å²) in [6.45, 7) is 9.40. The van der Waals surface area contributed by atoms with Gasteiger partial charge in [-0.25, -0.2) is 0 Å².